The van der Waals surface area contributed by atoms with Crippen LogP contribution in [0.2, 0.25) is 0 Å². The molecule has 28 heavy (non-hydrogen) atoms. The number of ether oxygens (including phenoxy) is 2. The van der Waals surface area contributed by atoms with Crippen molar-refractivity contribution in [1.29, 1.82) is 0 Å². The summed E-state index contributed by atoms with van der Waals surface area (Å²) in [5.74, 6) is -0.312. The number of carbonyl (C=O) groups excluding carboxylic acids is 1. The Morgan fingerprint density at radius 1 is 1.14 bits per heavy atom. The first-order chi connectivity index (χ1) is 13.1. The average molecular weight is 408 g/mol. The highest BCUT2D eigenvalue weighted by Crippen LogP contribution is 2.22. The van der Waals surface area contributed by atoms with E-state index < -0.39 is 33.1 Å². The maximum Gasteiger partial charge on any atom is 0.324 e. The maximum atomic E-state index is 12.4. The third-order valence-electron chi connectivity index (χ3n) is 3.90. The minimum atomic E-state index is -3.94. The Morgan fingerprint density at radius 2 is 1.79 bits per heavy atom. The molecule has 0 aliphatic rings. The number of non-ortho nitro benzene ring substituents is 1. The van der Waals surface area contributed by atoms with Gasteiger partial charge in [0, 0.05) is 12.1 Å². The molecule has 1 N–H and O–H groups in total. The lowest BCUT2D eigenvalue weighted by molar-refractivity contribution is -0.385. The van der Waals surface area contributed by atoms with Gasteiger partial charge in [0.05, 0.1) is 16.9 Å². The van der Waals surface area contributed by atoms with Crippen LogP contribution in [0, 0.1) is 10.1 Å². The van der Waals surface area contributed by atoms with Gasteiger partial charge in [-0.2, -0.15) is 4.72 Å². The van der Waals surface area contributed by atoms with Crippen molar-refractivity contribution in [3.05, 3.63) is 64.2 Å². The zero-order valence-corrected chi connectivity index (χ0v) is 16.3. The number of hydrogen-bond donors (Lipinski definition) is 1. The molecule has 2 rings (SSSR count). The van der Waals surface area contributed by atoms with Crippen molar-refractivity contribution < 1.29 is 27.6 Å². The Labute approximate surface area is 162 Å². The predicted octanol–water partition coefficient (Wildman–Crippen LogP) is 2.57. The van der Waals surface area contributed by atoms with Crippen molar-refractivity contribution in [3.8, 4) is 5.75 Å². The number of nitro benzene ring substituents is 1. The molecule has 0 amide bonds. The Hall–Kier alpha value is -2.98. The van der Waals surface area contributed by atoms with E-state index in [2.05, 4.69) is 4.72 Å². The van der Waals surface area contributed by atoms with Gasteiger partial charge >= 0.3 is 5.97 Å². The van der Waals surface area contributed by atoms with Gasteiger partial charge in [-0.25, -0.2) is 8.42 Å². The van der Waals surface area contributed by atoms with Gasteiger partial charge in [0.25, 0.3) is 5.69 Å². The number of nitro groups is 1. The van der Waals surface area contributed by atoms with Gasteiger partial charge < -0.3 is 9.47 Å². The second kappa shape index (κ2) is 8.81. The number of rotatable bonds is 8. The summed E-state index contributed by atoms with van der Waals surface area (Å²) in [6, 6.07) is 10.2. The van der Waals surface area contributed by atoms with E-state index in [0.29, 0.717) is 11.3 Å². The van der Waals surface area contributed by atoms with E-state index in [4.69, 9.17) is 9.47 Å². The molecule has 0 bridgehead atoms. The Kier molecular flexibility index (Phi) is 6.71. The monoisotopic (exact) mass is 408 g/mol. The molecule has 2 atom stereocenters. The third kappa shape index (κ3) is 5.27. The van der Waals surface area contributed by atoms with E-state index in [1.165, 1.54) is 56.5 Å². The SMILES string of the molecule is COc1ccc(S(=O)(=O)N[C@@H](C)C(=O)O[C@@H](C)c2cccc([N+](=O)[O-])c2)cc1. The van der Waals surface area contributed by atoms with E-state index in [0.717, 1.165) is 0 Å². The number of carbonyl (C=O) groups is 1. The summed E-state index contributed by atoms with van der Waals surface area (Å²) in [7, 11) is -2.48. The van der Waals surface area contributed by atoms with E-state index in [1.54, 1.807) is 13.0 Å². The van der Waals surface area contributed by atoms with Crippen molar-refractivity contribution in [1.82, 2.24) is 4.72 Å². The minimum Gasteiger partial charge on any atom is -0.497 e. The molecule has 0 unspecified atom stereocenters. The summed E-state index contributed by atoms with van der Waals surface area (Å²) in [4.78, 5) is 22.5. The van der Waals surface area contributed by atoms with Crippen LogP contribution in [-0.2, 0) is 19.6 Å². The van der Waals surface area contributed by atoms with Crippen LogP contribution < -0.4 is 9.46 Å². The van der Waals surface area contributed by atoms with Crippen LogP contribution in [0.25, 0.3) is 0 Å². The summed E-state index contributed by atoms with van der Waals surface area (Å²) in [5, 5.41) is 10.9. The lowest BCUT2D eigenvalue weighted by atomic mass is 10.1. The number of nitrogens with zero attached hydrogens (tertiary/aromatic N) is 1. The van der Waals surface area contributed by atoms with Crippen LogP contribution in [-0.4, -0.2) is 32.5 Å². The highest BCUT2D eigenvalue weighted by atomic mass is 32.2. The molecule has 0 heterocycles. The normalized spacial score (nSPS) is 13.4. The van der Waals surface area contributed by atoms with Gasteiger partial charge in [0.2, 0.25) is 10.0 Å². The van der Waals surface area contributed by atoms with Crippen molar-refractivity contribution in [2.45, 2.75) is 30.9 Å². The van der Waals surface area contributed by atoms with Crippen LogP contribution in [0.1, 0.15) is 25.5 Å². The number of benzene rings is 2. The van der Waals surface area contributed by atoms with E-state index in [-0.39, 0.29) is 10.6 Å². The van der Waals surface area contributed by atoms with Gasteiger partial charge in [-0.05, 0) is 43.7 Å². The minimum absolute atomic E-state index is 0.0281. The first-order valence-corrected chi connectivity index (χ1v) is 9.73. The number of nitrogens with one attached hydrogen (secondary N) is 1. The lowest BCUT2D eigenvalue weighted by Gasteiger charge is -2.18. The second-order valence-corrected chi connectivity index (χ2v) is 7.66. The number of hydrogen-bond acceptors (Lipinski definition) is 7. The molecule has 0 saturated heterocycles. The first kappa shape index (κ1) is 21.3. The number of methoxy groups -OCH3 is 1. The predicted molar refractivity (Wildman–Crippen MR) is 100 cm³/mol. The average Bonchev–Trinajstić information content (AvgIpc) is 2.67. The molecule has 0 aliphatic carbocycles. The Morgan fingerprint density at radius 3 is 2.36 bits per heavy atom. The zero-order chi connectivity index (χ0) is 20.9. The lowest BCUT2D eigenvalue weighted by Crippen LogP contribution is -2.39. The highest BCUT2D eigenvalue weighted by molar-refractivity contribution is 7.89. The van der Waals surface area contributed by atoms with Crippen molar-refractivity contribution in [2.75, 3.05) is 7.11 Å². The zero-order valence-electron chi connectivity index (χ0n) is 15.5. The van der Waals surface area contributed by atoms with Crippen LogP contribution >= 0.6 is 0 Å². The largest absolute Gasteiger partial charge is 0.497 e. The molecule has 0 aromatic heterocycles. The molecule has 150 valence electrons. The van der Waals surface area contributed by atoms with Crippen LogP contribution in [0.4, 0.5) is 5.69 Å². The van der Waals surface area contributed by atoms with E-state index >= 15 is 0 Å². The Balaban J connectivity index is 2.05. The summed E-state index contributed by atoms with van der Waals surface area (Å²) in [6.45, 7) is 2.89. The molecule has 2 aromatic carbocycles. The molecule has 0 aliphatic heterocycles. The number of esters is 1. The summed E-state index contributed by atoms with van der Waals surface area (Å²) in [5.41, 5.74) is 0.293. The third-order valence-corrected chi connectivity index (χ3v) is 5.46. The van der Waals surface area contributed by atoms with Gasteiger partial charge in [0.1, 0.15) is 17.9 Å². The van der Waals surface area contributed by atoms with Crippen LogP contribution in [0.15, 0.2) is 53.4 Å². The van der Waals surface area contributed by atoms with Crippen molar-refractivity contribution >= 4 is 21.7 Å². The highest BCUT2D eigenvalue weighted by Gasteiger charge is 2.25. The smallest absolute Gasteiger partial charge is 0.324 e. The maximum absolute atomic E-state index is 12.4. The van der Waals surface area contributed by atoms with Crippen molar-refractivity contribution in [3.63, 3.8) is 0 Å². The van der Waals surface area contributed by atoms with E-state index in [9.17, 15) is 23.3 Å². The van der Waals surface area contributed by atoms with Gasteiger partial charge in [-0.15, -0.1) is 0 Å². The molecule has 0 radical (unpaired) electrons. The molecule has 9 nitrogen and oxygen atoms in total. The molecule has 0 saturated carbocycles. The fourth-order valence-electron chi connectivity index (χ4n) is 2.34. The second-order valence-electron chi connectivity index (χ2n) is 5.95. The molecule has 0 spiro atoms. The van der Waals surface area contributed by atoms with E-state index in [1.807, 2.05) is 0 Å². The van der Waals surface area contributed by atoms with Gasteiger partial charge in [-0.1, -0.05) is 12.1 Å². The number of sulfonamides is 1. The summed E-state index contributed by atoms with van der Waals surface area (Å²) in [6.07, 6.45) is -0.791. The fraction of sp³-hybridized carbons (Fsp3) is 0.278. The molecular weight excluding hydrogens is 388 g/mol. The van der Waals surface area contributed by atoms with Gasteiger partial charge in [0.15, 0.2) is 0 Å². The summed E-state index contributed by atoms with van der Waals surface area (Å²) >= 11 is 0. The first-order valence-electron chi connectivity index (χ1n) is 8.25. The molecular formula is C18H20N2O7S. The quantitative estimate of drug-likeness (QED) is 0.404. The Bertz CT molecular complexity index is 958. The molecule has 2 aromatic rings. The van der Waals surface area contributed by atoms with Crippen molar-refractivity contribution in [2.24, 2.45) is 0 Å². The summed E-state index contributed by atoms with van der Waals surface area (Å²) < 4.78 is 37.2. The van der Waals surface area contributed by atoms with Gasteiger partial charge in [-0.3, -0.25) is 14.9 Å². The van der Waals surface area contributed by atoms with Crippen LogP contribution in [0.5, 0.6) is 5.75 Å². The molecule has 10 heteroatoms. The molecule has 0 fully saturated rings. The fourth-order valence-corrected chi connectivity index (χ4v) is 3.53. The van der Waals surface area contributed by atoms with Crippen LogP contribution in [0.3, 0.4) is 0 Å². The topological polar surface area (TPSA) is 125 Å². The standard InChI is InChI=1S/C18H20N2O7S/c1-12(19-28(24,25)17-9-7-16(26-3)8-10-17)18(21)27-13(2)14-5-4-6-15(11-14)20(22)23/h4-13,19H,1-3H3/t12-,13-/m0/s1.